The van der Waals surface area contributed by atoms with Gasteiger partial charge in [0.2, 0.25) is 5.91 Å². The lowest BCUT2D eigenvalue weighted by atomic mass is 10.1. The topological polar surface area (TPSA) is 111 Å². The van der Waals surface area contributed by atoms with Crippen molar-refractivity contribution in [2.45, 2.75) is 38.1 Å². The van der Waals surface area contributed by atoms with Crippen LogP contribution in [0.15, 0.2) is 42.7 Å². The summed E-state index contributed by atoms with van der Waals surface area (Å²) in [6.07, 6.45) is 3.12. The van der Waals surface area contributed by atoms with E-state index < -0.39 is 29.7 Å². The predicted octanol–water partition coefficient (Wildman–Crippen LogP) is 1.50. The maximum Gasteiger partial charge on any atom is 0.274 e. The number of hydrogen-bond acceptors (Lipinski definition) is 7. The Morgan fingerprint density at radius 2 is 2.08 bits per heavy atom. The third-order valence-electron chi connectivity index (χ3n) is 6.14. The van der Waals surface area contributed by atoms with Crippen LogP contribution in [0, 0.1) is 11.6 Å². The monoisotopic (exact) mass is 498 g/mol. The minimum Gasteiger partial charge on any atom is -0.489 e. The average molecular weight is 498 g/mol. The molecule has 2 aliphatic heterocycles. The molecule has 2 aromatic heterocycles. The first-order valence-electron chi connectivity index (χ1n) is 11.6. The van der Waals surface area contributed by atoms with Crippen molar-refractivity contribution in [3.63, 3.8) is 0 Å². The van der Waals surface area contributed by atoms with Gasteiger partial charge in [0.05, 0.1) is 31.5 Å². The van der Waals surface area contributed by atoms with Gasteiger partial charge >= 0.3 is 0 Å². The van der Waals surface area contributed by atoms with Gasteiger partial charge in [-0.05, 0) is 36.2 Å². The summed E-state index contributed by atoms with van der Waals surface area (Å²) in [5.41, 5.74) is 1.27. The van der Waals surface area contributed by atoms with Crippen molar-refractivity contribution in [1.29, 1.82) is 0 Å². The Labute approximate surface area is 205 Å². The zero-order valence-electron chi connectivity index (χ0n) is 19.3. The smallest absolute Gasteiger partial charge is 0.274 e. The van der Waals surface area contributed by atoms with Crippen LogP contribution in [0.25, 0.3) is 0 Å². The molecule has 2 bridgehead atoms. The number of aromatic nitrogens is 4. The number of nitrogens with zero attached hydrogens (tertiary/aromatic N) is 5. The lowest BCUT2D eigenvalue weighted by molar-refractivity contribution is -0.130. The van der Waals surface area contributed by atoms with Crippen LogP contribution >= 0.6 is 0 Å². The van der Waals surface area contributed by atoms with Crippen LogP contribution in [0.3, 0.4) is 0 Å². The third-order valence-corrected chi connectivity index (χ3v) is 6.14. The molecule has 0 radical (unpaired) electrons. The number of aryl methyl sites for hydroxylation is 1. The first-order chi connectivity index (χ1) is 17.5. The minimum absolute atomic E-state index is 0.102. The highest BCUT2D eigenvalue weighted by Crippen LogP contribution is 2.21. The van der Waals surface area contributed by atoms with Gasteiger partial charge in [-0.3, -0.25) is 9.59 Å². The van der Waals surface area contributed by atoms with E-state index >= 15 is 0 Å². The van der Waals surface area contributed by atoms with Crippen molar-refractivity contribution >= 4 is 11.8 Å². The third kappa shape index (κ3) is 5.33. The molecule has 0 saturated carbocycles. The van der Waals surface area contributed by atoms with E-state index in [9.17, 15) is 18.4 Å². The summed E-state index contributed by atoms with van der Waals surface area (Å²) in [7, 11) is 0. The van der Waals surface area contributed by atoms with Crippen molar-refractivity contribution < 1.29 is 27.8 Å². The van der Waals surface area contributed by atoms with E-state index in [4.69, 9.17) is 9.47 Å². The molecule has 2 aliphatic rings. The molecule has 3 aromatic rings. The van der Waals surface area contributed by atoms with E-state index in [0.29, 0.717) is 23.6 Å². The largest absolute Gasteiger partial charge is 0.489 e. The molecule has 2 atom stereocenters. The summed E-state index contributed by atoms with van der Waals surface area (Å²) in [5.74, 6) is -2.16. The highest BCUT2D eigenvalue weighted by Gasteiger charge is 2.37. The molecule has 10 nitrogen and oxygen atoms in total. The molecule has 1 aromatic carbocycles. The Kier molecular flexibility index (Phi) is 6.85. The van der Waals surface area contributed by atoms with E-state index in [1.807, 2.05) is 0 Å². The molecular formula is C24H24F2N6O4. The highest BCUT2D eigenvalue weighted by atomic mass is 19.2. The van der Waals surface area contributed by atoms with Crippen molar-refractivity contribution in [2.24, 2.45) is 0 Å². The standard InChI is InChI=1S/C24H24F2N6O4/c25-17-5-3-15(10-18(17)26)4-6-22(33)31-12-19-21(13-31)36-14-16-11-32(30-29-16)8-9-35-20-2-1-7-27-23(20)24(34)28-19/h1-3,5,7,10-11,19,21H,4,6,8-9,12-14H2,(H,28,34)/t19-,21-/m0/s1. The Balaban J connectivity index is 1.31. The molecular weight excluding hydrogens is 474 g/mol. The summed E-state index contributed by atoms with van der Waals surface area (Å²) in [6.45, 7) is 1.32. The maximum absolute atomic E-state index is 13.5. The number of likely N-dealkylation sites (tertiary alicyclic amines) is 1. The van der Waals surface area contributed by atoms with Crippen LogP contribution in [-0.4, -0.2) is 68.5 Å². The molecule has 1 fully saturated rings. The van der Waals surface area contributed by atoms with Crippen molar-refractivity contribution in [1.82, 2.24) is 30.2 Å². The summed E-state index contributed by atoms with van der Waals surface area (Å²) in [5, 5.41) is 11.1. The summed E-state index contributed by atoms with van der Waals surface area (Å²) < 4.78 is 40.1. The number of halogens is 2. The average Bonchev–Trinajstić information content (AvgIpc) is 3.50. The fourth-order valence-corrected chi connectivity index (χ4v) is 4.26. The molecule has 12 heteroatoms. The van der Waals surface area contributed by atoms with E-state index in [1.165, 1.54) is 12.3 Å². The fourth-order valence-electron chi connectivity index (χ4n) is 4.26. The second-order valence-corrected chi connectivity index (χ2v) is 8.65. The van der Waals surface area contributed by atoms with Crippen LogP contribution < -0.4 is 10.1 Å². The number of carbonyl (C=O) groups excluding carboxylic acids is 2. The quantitative estimate of drug-likeness (QED) is 0.583. The molecule has 188 valence electrons. The van der Waals surface area contributed by atoms with Crippen LogP contribution in [0.5, 0.6) is 5.75 Å². The van der Waals surface area contributed by atoms with Crippen LogP contribution in [0.2, 0.25) is 0 Å². The predicted molar refractivity (Wildman–Crippen MR) is 121 cm³/mol. The molecule has 0 aliphatic carbocycles. The number of rotatable bonds is 3. The van der Waals surface area contributed by atoms with Gasteiger partial charge in [0.15, 0.2) is 23.1 Å². The zero-order valence-corrected chi connectivity index (χ0v) is 19.3. The van der Waals surface area contributed by atoms with Gasteiger partial charge in [0, 0.05) is 25.7 Å². The first-order valence-corrected chi connectivity index (χ1v) is 11.6. The fraction of sp³-hybridized carbons (Fsp3) is 0.375. The Bertz CT molecular complexity index is 1270. The second-order valence-electron chi connectivity index (χ2n) is 8.65. The molecule has 0 spiro atoms. The second kappa shape index (κ2) is 10.4. The van der Waals surface area contributed by atoms with E-state index in [-0.39, 0.29) is 50.7 Å². The van der Waals surface area contributed by atoms with E-state index in [2.05, 4.69) is 20.6 Å². The van der Waals surface area contributed by atoms with Crippen molar-refractivity contribution in [3.8, 4) is 5.75 Å². The lowest BCUT2D eigenvalue weighted by Crippen LogP contribution is -2.44. The van der Waals surface area contributed by atoms with Gasteiger partial charge in [0.1, 0.15) is 12.3 Å². The molecule has 0 unspecified atom stereocenters. The number of benzene rings is 1. The van der Waals surface area contributed by atoms with E-state index in [0.717, 1.165) is 12.1 Å². The molecule has 4 heterocycles. The molecule has 2 amide bonds. The number of ether oxygens (including phenoxy) is 2. The van der Waals surface area contributed by atoms with E-state index in [1.54, 1.807) is 27.9 Å². The number of amides is 2. The van der Waals surface area contributed by atoms with Crippen LogP contribution in [0.4, 0.5) is 8.78 Å². The number of fused-ring (bicyclic) bond motifs is 4. The molecule has 36 heavy (non-hydrogen) atoms. The lowest BCUT2D eigenvalue weighted by Gasteiger charge is -2.20. The minimum atomic E-state index is -0.948. The first kappa shape index (κ1) is 23.8. The normalized spacial score (nSPS) is 20.1. The Hall–Kier alpha value is -3.93. The molecule has 1 N–H and O–H groups in total. The van der Waals surface area contributed by atoms with Gasteiger partial charge in [-0.25, -0.2) is 18.4 Å². The van der Waals surface area contributed by atoms with Crippen molar-refractivity contribution in [2.75, 3.05) is 19.7 Å². The van der Waals surface area contributed by atoms with Gasteiger partial charge in [-0.15, -0.1) is 5.10 Å². The number of nitrogens with one attached hydrogen (secondary N) is 1. The number of carbonyl (C=O) groups is 2. The van der Waals surface area contributed by atoms with Gasteiger partial charge in [-0.1, -0.05) is 11.3 Å². The number of hydrogen-bond donors (Lipinski definition) is 1. The zero-order chi connectivity index (χ0) is 25.1. The van der Waals surface area contributed by atoms with Gasteiger partial charge in [0.25, 0.3) is 5.91 Å². The Morgan fingerprint density at radius 1 is 1.19 bits per heavy atom. The highest BCUT2D eigenvalue weighted by molar-refractivity contribution is 5.95. The molecule has 1 saturated heterocycles. The van der Waals surface area contributed by atoms with Crippen LogP contribution in [-0.2, 0) is 29.1 Å². The summed E-state index contributed by atoms with van der Waals surface area (Å²) >= 11 is 0. The summed E-state index contributed by atoms with van der Waals surface area (Å²) in [6, 6.07) is 6.43. The molecule has 5 rings (SSSR count). The van der Waals surface area contributed by atoms with Crippen LogP contribution in [0.1, 0.15) is 28.2 Å². The maximum atomic E-state index is 13.5. The van der Waals surface area contributed by atoms with Gasteiger partial charge < -0.3 is 19.7 Å². The van der Waals surface area contributed by atoms with Gasteiger partial charge in [-0.2, -0.15) is 0 Å². The SMILES string of the molecule is O=C1N[C@H]2CN(C(=O)CCc3ccc(F)c(F)c3)C[C@@H]2OCc2cn(nn2)CCOc2cccnc21. The summed E-state index contributed by atoms with van der Waals surface area (Å²) in [4.78, 5) is 31.8. The number of pyridine rings is 1. The van der Waals surface area contributed by atoms with Crippen molar-refractivity contribution in [3.05, 3.63) is 71.3 Å². The Morgan fingerprint density at radius 3 is 2.94 bits per heavy atom.